The van der Waals surface area contributed by atoms with Gasteiger partial charge < -0.3 is 19.5 Å². The number of nitrogens with one attached hydrogen (secondary N) is 1. The lowest BCUT2D eigenvalue weighted by molar-refractivity contribution is 0.0479. The van der Waals surface area contributed by atoms with Crippen molar-refractivity contribution >= 4 is 11.8 Å². The fourth-order valence-corrected chi connectivity index (χ4v) is 5.93. The van der Waals surface area contributed by atoms with Gasteiger partial charge in [0.05, 0.1) is 6.04 Å². The van der Waals surface area contributed by atoms with Crippen LogP contribution in [0.3, 0.4) is 0 Å². The van der Waals surface area contributed by atoms with E-state index in [0.29, 0.717) is 12.5 Å². The first-order valence-corrected chi connectivity index (χ1v) is 12.4. The molecule has 2 aromatic carbocycles. The molecule has 2 bridgehead atoms. The lowest BCUT2D eigenvalue weighted by Crippen LogP contribution is -2.52. The normalized spacial score (nSPS) is 21.5. The fraction of sp³-hybridized carbons (Fsp3) is 0.321. The summed E-state index contributed by atoms with van der Waals surface area (Å²) in [4.78, 5) is 42.2. The number of fused-ring (bicyclic) bond motifs is 6. The number of pyridine rings is 1. The Morgan fingerprint density at radius 2 is 1.89 bits per heavy atom. The van der Waals surface area contributed by atoms with E-state index in [9.17, 15) is 23.2 Å². The SMILES string of the molecule is O=C(NCc1ccc(F)cc1F)c1cn2c(c(OCc3ccccc3)c1=O)C(=O)N1[C@H]3CC[C@H](C3)[C@@H]1C2. The molecule has 1 aliphatic carbocycles. The number of carbonyl (C=O) groups excluding carboxylic acids is 2. The minimum Gasteiger partial charge on any atom is -0.483 e. The van der Waals surface area contributed by atoms with Crippen LogP contribution < -0.4 is 15.5 Å². The van der Waals surface area contributed by atoms with Crippen molar-refractivity contribution in [3.8, 4) is 5.75 Å². The highest BCUT2D eigenvalue weighted by atomic mass is 19.1. The Morgan fingerprint density at radius 3 is 2.68 bits per heavy atom. The van der Waals surface area contributed by atoms with Crippen LogP contribution in [0.15, 0.2) is 59.5 Å². The molecule has 0 spiro atoms. The van der Waals surface area contributed by atoms with Crippen LogP contribution >= 0.6 is 0 Å². The number of amides is 2. The molecule has 7 nitrogen and oxygen atoms in total. The van der Waals surface area contributed by atoms with Gasteiger partial charge in [-0.1, -0.05) is 36.4 Å². The number of aromatic nitrogens is 1. The lowest BCUT2D eigenvalue weighted by Gasteiger charge is -2.40. The van der Waals surface area contributed by atoms with Gasteiger partial charge in [0.15, 0.2) is 11.4 Å². The number of nitrogens with zero attached hydrogens (tertiary/aromatic N) is 2. The van der Waals surface area contributed by atoms with Crippen LogP contribution in [-0.4, -0.2) is 33.4 Å². The molecule has 6 rings (SSSR count). The summed E-state index contributed by atoms with van der Waals surface area (Å²) in [6.07, 6.45) is 4.37. The maximum atomic E-state index is 14.1. The second-order valence-corrected chi connectivity index (χ2v) is 9.90. The van der Waals surface area contributed by atoms with E-state index in [0.717, 1.165) is 37.0 Å². The van der Waals surface area contributed by atoms with Crippen LogP contribution in [0.2, 0.25) is 0 Å². The minimum atomic E-state index is -0.795. The van der Waals surface area contributed by atoms with E-state index < -0.39 is 23.0 Å². The van der Waals surface area contributed by atoms with Crippen LogP contribution in [-0.2, 0) is 19.7 Å². The fourth-order valence-electron chi connectivity index (χ4n) is 5.93. The summed E-state index contributed by atoms with van der Waals surface area (Å²) < 4.78 is 34.9. The molecule has 1 saturated carbocycles. The van der Waals surface area contributed by atoms with E-state index in [-0.39, 0.29) is 53.7 Å². The van der Waals surface area contributed by atoms with Crippen LogP contribution in [0.5, 0.6) is 5.75 Å². The van der Waals surface area contributed by atoms with Crippen molar-refractivity contribution in [1.82, 2.24) is 14.8 Å². The Hall–Kier alpha value is -4.01. The molecule has 0 unspecified atom stereocenters. The van der Waals surface area contributed by atoms with Gasteiger partial charge in [-0.25, -0.2) is 8.78 Å². The van der Waals surface area contributed by atoms with E-state index in [1.54, 1.807) is 4.57 Å². The van der Waals surface area contributed by atoms with Gasteiger partial charge in [0.2, 0.25) is 5.43 Å². The maximum Gasteiger partial charge on any atom is 0.275 e. The molecule has 1 N–H and O–H groups in total. The molecule has 3 aliphatic rings. The molecule has 9 heteroatoms. The van der Waals surface area contributed by atoms with Gasteiger partial charge >= 0.3 is 0 Å². The van der Waals surface area contributed by atoms with Crippen molar-refractivity contribution in [2.45, 2.75) is 51.0 Å². The lowest BCUT2D eigenvalue weighted by atomic mass is 9.95. The van der Waals surface area contributed by atoms with Crippen LogP contribution in [0.1, 0.15) is 51.2 Å². The largest absolute Gasteiger partial charge is 0.483 e. The quantitative estimate of drug-likeness (QED) is 0.555. The number of piperidine rings is 1. The van der Waals surface area contributed by atoms with E-state index in [4.69, 9.17) is 4.74 Å². The number of hydrogen-bond acceptors (Lipinski definition) is 4. The molecule has 190 valence electrons. The Bertz CT molecular complexity index is 1460. The summed E-state index contributed by atoms with van der Waals surface area (Å²) in [5, 5.41) is 2.54. The summed E-state index contributed by atoms with van der Waals surface area (Å²) in [6.45, 7) is 0.292. The molecule has 3 aromatic rings. The summed E-state index contributed by atoms with van der Waals surface area (Å²) in [5.74, 6) is -2.25. The van der Waals surface area contributed by atoms with Crippen LogP contribution in [0, 0.1) is 17.6 Å². The standard InChI is InChI=1S/C28H25F2N3O4/c29-19-8-6-18(22(30)11-19)12-31-27(35)21-13-32-14-23-17-7-9-20(10-17)33(23)28(36)24(32)26(25(21)34)37-15-16-4-2-1-3-5-16/h1-6,8,11,13,17,20,23H,7,9-10,12,14-15H2,(H,31,35)/t17-,20+,23+/m1/s1. The summed E-state index contributed by atoms with van der Waals surface area (Å²) in [5.41, 5.74) is 0.157. The number of benzene rings is 2. The number of halogens is 2. The highest BCUT2D eigenvalue weighted by molar-refractivity contribution is 5.99. The smallest absolute Gasteiger partial charge is 0.275 e. The molecule has 1 aromatic heterocycles. The Labute approximate surface area is 211 Å². The Kier molecular flexibility index (Phi) is 5.78. The molecule has 3 atom stereocenters. The van der Waals surface area contributed by atoms with E-state index >= 15 is 0 Å². The first kappa shape index (κ1) is 23.4. The van der Waals surface area contributed by atoms with E-state index in [1.165, 1.54) is 12.3 Å². The third-order valence-electron chi connectivity index (χ3n) is 7.72. The van der Waals surface area contributed by atoms with Crippen molar-refractivity contribution in [3.05, 3.63) is 99.0 Å². The molecule has 37 heavy (non-hydrogen) atoms. The average molecular weight is 506 g/mol. The van der Waals surface area contributed by atoms with Crippen molar-refractivity contribution in [2.24, 2.45) is 5.92 Å². The number of ether oxygens (including phenoxy) is 1. The summed E-state index contributed by atoms with van der Waals surface area (Å²) in [6, 6.07) is 12.5. The molecule has 2 fully saturated rings. The van der Waals surface area contributed by atoms with Gasteiger partial charge in [0.1, 0.15) is 23.8 Å². The molecular formula is C28H25F2N3O4. The van der Waals surface area contributed by atoms with Crippen molar-refractivity contribution in [2.75, 3.05) is 0 Å². The van der Waals surface area contributed by atoms with Crippen molar-refractivity contribution in [3.63, 3.8) is 0 Å². The van der Waals surface area contributed by atoms with Gasteiger partial charge in [-0.15, -0.1) is 0 Å². The monoisotopic (exact) mass is 505 g/mol. The van der Waals surface area contributed by atoms with E-state index in [1.807, 2.05) is 35.2 Å². The highest BCUT2D eigenvalue weighted by Gasteiger charge is 2.51. The van der Waals surface area contributed by atoms with Crippen molar-refractivity contribution < 1.29 is 23.1 Å². The minimum absolute atomic E-state index is 0.0208. The zero-order valence-corrected chi connectivity index (χ0v) is 20.0. The zero-order chi connectivity index (χ0) is 25.7. The number of carbonyl (C=O) groups is 2. The molecular weight excluding hydrogens is 480 g/mol. The third-order valence-corrected chi connectivity index (χ3v) is 7.72. The van der Waals surface area contributed by atoms with Gasteiger partial charge in [0, 0.05) is 37.0 Å². The van der Waals surface area contributed by atoms with Gasteiger partial charge in [0.25, 0.3) is 11.8 Å². The summed E-state index contributed by atoms with van der Waals surface area (Å²) >= 11 is 0. The van der Waals surface area contributed by atoms with Crippen molar-refractivity contribution in [1.29, 1.82) is 0 Å². The Morgan fingerprint density at radius 1 is 1.08 bits per heavy atom. The molecule has 3 heterocycles. The van der Waals surface area contributed by atoms with Gasteiger partial charge in [-0.05, 0) is 36.8 Å². The maximum absolute atomic E-state index is 14.1. The summed E-state index contributed by atoms with van der Waals surface area (Å²) in [7, 11) is 0. The average Bonchev–Trinajstić information content (AvgIpc) is 3.51. The zero-order valence-electron chi connectivity index (χ0n) is 20.0. The number of hydrogen-bond donors (Lipinski definition) is 1. The molecule has 2 amide bonds. The highest BCUT2D eigenvalue weighted by Crippen LogP contribution is 2.46. The number of rotatable bonds is 6. The second-order valence-electron chi connectivity index (χ2n) is 9.90. The molecule has 0 radical (unpaired) electrons. The predicted molar refractivity (Wildman–Crippen MR) is 130 cm³/mol. The van der Waals surface area contributed by atoms with E-state index in [2.05, 4.69) is 5.32 Å². The molecule has 1 saturated heterocycles. The second kappa shape index (κ2) is 9.14. The predicted octanol–water partition coefficient (Wildman–Crippen LogP) is 3.64. The first-order valence-electron chi connectivity index (χ1n) is 12.4. The topological polar surface area (TPSA) is 80.6 Å². The third kappa shape index (κ3) is 4.08. The van der Waals surface area contributed by atoms with Gasteiger partial charge in [-0.3, -0.25) is 14.4 Å². The first-order chi connectivity index (χ1) is 17.9. The van der Waals surface area contributed by atoms with Gasteiger partial charge in [-0.2, -0.15) is 0 Å². The Balaban J connectivity index is 1.35. The van der Waals surface area contributed by atoms with Crippen LogP contribution in [0.25, 0.3) is 0 Å². The molecule has 2 aliphatic heterocycles. The van der Waals surface area contributed by atoms with Crippen LogP contribution in [0.4, 0.5) is 8.78 Å².